The van der Waals surface area contributed by atoms with Crippen LogP contribution in [0.1, 0.15) is 36.9 Å². The minimum absolute atomic E-state index is 0.00347. The molecule has 0 aliphatic carbocycles. The number of rotatable bonds is 7. The first kappa shape index (κ1) is 20.0. The molecule has 28 heavy (non-hydrogen) atoms. The topological polar surface area (TPSA) is 104 Å². The number of hydrogen-bond acceptors (Lipinski definition) is 4. The molecule has 1 aliphatic rings. The lowest BCUT2D eigenvalue weighted by Crippen LogP contribution is -2.32. The van der Waals surface area contributed by atoms with Gasteiger partial charge in [-0.25, -0.2) is 13.1 Å². The Kier molecular flexibility index (Phi) is 6.11. The summed E-state index contributed by atoms with van der Waals surface area (Å²) in [6.45, 7) is 1.88. The molecule has 148 valence electrons. The van der Waals surface area contributed by atoms with Crippen LogP contribution in [-0.2, 0) is 26.0 Å². The van der Waals surface area contributed by atoms with Crippen molar-refractivity contribution in [2.45, 2.75) is 37.1 Å². The minimum atomic E-state index is -3.73. The average molecular weight is 401 g/mol. The highest BCUT2D eigenvalue weighted by Gasteiger charge is 2.20. The van der Waals surface area contributed by atoms with Gasteiger partial charge in [-0.2, -0.15) is 0 Å². The number of fused-ring (bicyclic) bond motifs is 1. The van der Waals surface area contributed by atoms with Crippen molar-refractivity contribution in [2.24, 2.45) is 0 Å². The molecule has 7 nitrogen and oxygen atoms in total. The van der Waals surface area contributed by atoms with Crippen LogP contribution in [0.15, 0.2) is 53.4 Å². The molecule has 2 amide bonds. The van der Waals surface area contributed by atoms with E-state index in [4.69, 9.17) is 0 Å². The van der Waals surface area contributed by atoms with Crippen LogP contribution < -0.4 is 15.4 Å². The van der Waals surface area contributed by atoms with E-state index in [1.54, 1.807) is 12.1 Å². The van der Waals surface area contributed by atoms with Crippen LogP contribution in [-0.4, -0.2) is 26.8 Å². The maximum absolute atomic E-state index is 12.5. The lowest BCUT2D eigenvalue weighted by molar-refractivity contribution is -0.121. The zero-order valence-electron chi connectivity index (χ0n) is 15.6. The Labute approximate surface area is 164 Å². The van der Waals surface area contributed by atoms with Gasteiger partial charge in [0, 0.05) is 25.1 Å². The maximum Gasteiger partial charge on any atom is 0.240 e. The molecule has 0 spiro atoms. The summed E-state index contributed by atoms with van der Waals surface area (Å²) in [7, 11) is -3.73. The second-order valence-corrected chi connectivity index (χ2v) is 8.48. The number of carbonyl (C=O) groups excluding carboxylic acids is 2. The van der Waals surface area contributed by atoms with Crippen molar-refractivity contribution >= 4 is 27.5 Å². The SMILES string of the molecule is CC(NC(=O)CCNS(=O)(=O)c1ccc2c(c1)CCC(=O)N2)c1ccccc1. The standard InChI is InChI=1S/C20H23N3O4S/c1-14(15-5-3-2-4-6-15)22-20(25)11-12-21-28(26,27)17-8-9-18-16(13-17)7-10-19(24)23-18/h2-6,8-9,13-14,21H,7,10-12H2,1H3,(H,22,25)(H,23,24). The first-order valence-electron chi connectivity index (χ1n) is 9.12. The molecule has 0 fully saturated rings. The summed E-state index contributed by atoms with van der Waals surface area (Å²) in [5.74, 6) is -0.302. The Morgan fingerprint density at radius 2 is 1.89 bits per heavy atom. The van der Waals surface area contributed by atoms with E-state index in [0.29, 0.717) is 18.5 Å². The zero-order valence-corrected chi connectivity index (χ0v) is 16.4. The predicted octanol–water partition coefficient (Wildman–Crippen LogP) is 2.12. The molecule has 0 saturated carbocycles. The Morgan fingerprint density at radius 1 is 1.14 bits per heavy atom. The molecular weight excluding hydrogens is 378 g/mol. The fourth-order valence-corrected chi connectivity index (χ4v) is 4.13. The van der Waals surface area contributed by atoms with Crippen LogP contribution in [0.2, 0.25) is 0 Å². The number of aryl methyl sites for hydroxylation is 1. The van der Waals surface area contributed by atoms with Gasteiger partial charge in [0.25, 0.3) is 0 Å². The highest BCUT2D eigenvalue weighted by molar-refractivity contribution is 7.89. The van der Waals surface area contributed by atoms with Crippen molar-refractivity contribution in [2.75, 3.05) is 11.9 Å². The largest absolute Gasteiger partial charge is 0.350 e. The Bertz CT molecular complexity index is 974. The van der Waals surface area contributed by atoms with Crippen molar-refractivity contribution in [1.29, 1.82) is 0 Å². The number of hydrogen-bond donors (Lipinski definition) is 3. The maximum atomic E-state index is 12.5. The van der Waals surface area contributed by atoms with Gasteiger partial charge >= 0.3 is 0 Å². The Morgan fingerprint density at radius 3 is 2.64 bits per heavy atom. The van der Waals surface area contributed by atoms with Gasteiger partial charge in [-0.1, -0.05) is 30.3 Å². The van der Waals surface area contributed by atoms with E-state index in [1.165, 1.54) is 6.07 Å². The second kappa shape index (κ2) is 8.53. The summed E-state index contributed by atoms with van der Waals surface area (Å²) < 4.78 is 27.4. The zero-order chi connectivity index (χ0) is 20.1. The van der Waals surface area contributed by atoms with Crippen LogP contribution in [0.25, 0.3) is 0 Å². The van der Waals surface area contributed by atoms with E-state index in [1.807, 2.05) is 37.3 Å². The third-order valence-corrected chi connectivity index (χ3v) is 6.06. The lowest BCUT2D eigenvalue weighted by atomic mass is 10.0. The monoisotopic (exact) mass is 401 g/mol. The minimum Gasteiger partial charge on any atom is -0.350 e. The molecule has 1 aliphatic heterocycles. The first-order valence-corrected chi connectivity index (χ1v) is 10.6. The van der Waals surface area contributed by atoms with E-state index in [-0.39, 0.29) is 35.7 Å². The summed E-state index contributed by atoms with van der Waals surface area (Å²) in [5.41, 5.74) is 2.42. The normalized spacial score (nSPS) is 14.7. The summed E-state index contributed by atoms with van der Waals surface area (Å²) in [6, 6.07) is 14.0. The fraction of sp³-hybridized carbons (Fsp3) is 0.300. The molecule has 2 aromatic carbocycles. The van der Waals surface area contributed by atoms with Gasteiger partial charge in [0.15, 0.2) is 0 Å². The van der Waals surface area contributed by atoms with Crippen LogP contribution in [0.4, 0.5) is 5.69 Å². The smallest absolute Gasteiger partial charge is 0.240 e. The number of benzene rings is 2. The number of amides is 2. The third-order valence-electron chi connectivity index (χ3n) is 4.60. The molecule has 3 rings (SSSR count). The van der Waals surface area contributed by atoms with Crippen molar-refractivity contribution < 1.29 is 18.0 Å². The molecule has 2 aromatic rings. The number of anilines is 1. The second-order valence-electron chi connectivity index (χ2n) is 6.71. The lowest BCUT2D eigenvalue weighted by Gasteiger charge is -2.18. The molecule has 3 N–H and O–H groups in total. The molecule has 1 atom stereocenters. The van der Waals surface area contributed by atoms with E-state index < -0.39 is 10.0 Å². The quantitative estimate of drug-likeness (QED) is 0.661. The first-order chi connectivity index (χ1) is 13.3. The van der Waals surface area contributed by atoms with Gasteiger partial charge in [-0.05, 0) is 42.7 Å². The Hall–Kier alpha value is -2.71. The van der Waals surface area contributed by atoms with Crippen LogP contribution in [0.5, 0.6) is 0 Å². The Balaban J connectivity index is 1.54. The molecular formula is C20H23N3O4S. The highest BCUT2D eigenvalue weighted by atomic mass is 32.2. The van der Waals surface area contributed by atoms with Gasteiger partial charge in [0.2, 0.25) is 21.8 Å². The van der Waals surface area contributed by atoms with Gasteiger partial charge in [0.05, 0.1) is 10.9 Å². The van der Waals surface area contributed by atoms with Gasteiger partial charge in [-0.15, -0.1) is 0 Å². The fourth-order valence-electron chi connectivity index (χ4n) is 3.05. The van der Waals surface area contributed by atoms with Crippen molar-refractivity contribution in [3.63, 3.8) is 0 Å². The number of sulfonamides is 1. The number of carbonyl (C=O) groups is 2. The van der Waals surface area contributed by atoms with Crippen LogP contribution in [0.3, 0.4) is 0 Å². The summed E-state index contributed by atoms with van der Waals surface area (Å²) in [6.07, 6.45) is 0.880. The predicted molar refractivity (Wildman–Crippen MR) is 106 cm³/mol. The summed E-state index contributed by atoms with van der Waals surface area (Å²) in [5, 5.41) is 5.57. The molecule has 1 heterocycles. The van der Waals surface area contributed by atoms with Crippen molar-refractivity contribution in [3.8, 4) is 0 Å². The molecule has 0 aromatic heterocycles. The summed E-state index contributed by atoms with van der Waals surface area (Å²) >= 11 is 0. The van der Waals surface area contributed by atoms with Crippen LogP contribution >= 0.6 is 0 Å². The van der Waals surface area contributed by atoms with Gasteiger partial charge in [0.1, 0.15) is 0 Å². The van der Waals surface area contributed by atoms with E-state index in [0.717, 1.165) is 11.1 Å². The number of nitrogens with one attached hydrogen (secondary N) is 3. The van der Waals surface area contributed by atoms with Gasteiger partial charge < -0.3 is 10.6 Å². The molecule has 0 radical (unpaired) electrons. The summed E-state index contributed by atoms with van der Waals surface area (Å²) in [4.78, 5) is 23.6. The highest BCUT2D eigenvalue weighted by Crippen LogP contribution is 2.25. The van der Waals surface area contributed by atoms with Crippen molar-refractivity contribution in [1.82, 2.24) is 10.0 Å². The van der Waals surface area contributed by atoms with Gasteiger partial charge in [-0.3, -0.25) is 9.59 Å². The van der Waals surface area contributed by atoms with E-state index >= 15 is 0 Å². The molecule has 0 bridgehead atoms. The average Bonchev–Trinajstić information content (AvgIpc) is 2.68. The van der Waals surface area contributed by atoms with Crippen molar-refractivity contribution in [3.05, 3.63) is 59.7 Å². The van der Waals surface area contributed by atoms with E-state index in [9.17, 15) is 18.0 Å². The molecule has 8 heteroatoms. The molecule has 1 unspecified atom stereocenters. The third kappa shape index (κ3) is 4.96. The molecule has 0 saturated heterocycles. The van der Waals surface area contributed by atoms with Crippen LogP contribution in [0, 0.1) is 0 Å². The van der Waals surface area contributed by atoms with E-state index in [2.05, 4.69) is 15.4 Å².